The molecule has 7 heteroatoms. The Kier molecular flexibility index (Phi) is 6.49. The molecule has 0 bridgehead atoms. The third kappa shape index (κ3) is 5.13. The second-order valence-electron chi connectivity index (χ2n) is 7.07. The van der Waals surface area contributed by atoms with Crippen LogP contribution in [0.3, 0.4) is 0 Å². The molecule has 2 aromatic carbocycles. The van der Waals surface area contributed by atoms with Gasteiger partial charge in [-0.1, -0.05) is 18.9 Å². The maximum absolute atomic E-state index is 12.5. The van der Waals surface area contributed by atoms with Gasteiger partial charge in [0.2, 0.25) is 5.91 Å². The quantitative estimate of drug-likeness (QED) is 0.781. The number of carboxylic acids is 1. The summed E-state index contributed by atoms with van der Waals surface area (Å²) in [6.07, 6.45) is 2.63. The predicted molar refractivity (Wildman–Crippen MR) is 106 cm³/mol. The zero-order valence-corrected chi connectivity index (χ0v) is 16.1. The summed E-state index contributed by atoms with van der Waals surface area (Å²) < 4.78 is 5.12. The lowest BCUT2D eigenvalue weighted by Crippen LogP contribution is -2.42. The number of carboxylic acid groups (broad SMARTS) is 1. The predicted octanol–water partition coefficient (Wildman–Crippen LogP) is 2.44. The molecule has 3 rings (SSSR count). The number of rotatable bonds is 6. The molecule has 0 spiro atoms. The molecular weight excluding hydrogens is 372 g/mol. The number of amides is 2. The van der Waals surface area contributed by atoms with Crippen LogP contribution in [0.15, 0.2) is 48.5 Å². The molecule has 1 aliphatic rings. The van der Waals surface area contributed by atoms with Gasteiger partial charge in [-0.3, -0.25) is 9.59 Å². The molecule has 2 N–H and O–H groups in total. The molecule has 2 atom stereocenters. The first-order valence-corrected chi connectivity index (χ1v) is 9.55. The molecule has 1 saturated carbocycles. The maximum Gasteiger partial charge on any atom is 0.255 e. The van der Waals surface area contributed by atoms with Crippen molar-refractivity contribution in [3.63, 3.8) is 0 Å². The fraction of sp³-hybridized carbons (Fsp3) is 0.318. The van der Waals surface area contributed by atoms with Gasteiger partial charge in [-0.15, -0.1) is 0 Å². The van der Waals surface area contributed by atoms with Crippen LogP contribution in [0.4, 0.5) is 11.4 Å². The van der Waals surface area contributed by atoms with Crippen molar-refractivity contribution in [2.45, 2.75) is 25.7 Å². The number of hydrogen-bond donors (Lipinski definition) is 2. The molecule has 0 aromatic heterocycles. The van der Waals surface area contributed by atoms with Crippen LogP contribution in [0.2, 0.25) is 0 Å². The summed E-state index contributed by atoms with van der Waals surface area (Å²) in [6.45, 7) is 0. The monoisotopic (exact) mass is 395 g/mol. The Morgan fingerprint density at radius 3 is 2.17 bits per heavy atom. The summed E-state index contributed by atoms with van der Waals surface area (Å²) in [5.74, 6) is -2.49. The molecule has 1 fully saturated rings. The van der Waals surface area contributed by atoms with Crippen molar-refractivity contribution in [2.75, 3.05) is 17.7 Å². The molecule has 0 unspecified atom stereocenters. The van der Waals surface area contributed by atoms with Gasteiger partial charge < -0.3 is 25.3 Å². The first-order valence-electron chi connectivity index (χ1n) is 9.55. The summed E-state index contributed by atoms with van der Waals surface area (Å²) in [7, 11) is 1.53. The van der Waals surface area contributed by atoms with Crippen LogP contribution < -0.4 is 20.5 Å². The third-order valence-corrected chi connectivity index (χ3v) is 5.15. The lowest BCUT2D eigenvalue weighted by atomic mass is 9.78. The molecular formula is C22H23N2O5-. The normalized spacial score (nSPS) is 18.5. The fourth-order valence-corrected chi connectivity index (χ4v) is 3.57. The van der Waals surface area contributed by atoms with Gasteiger partial charge >= 0.3 is 0 Å². The van der Waals surface area contributed by atoms with E-state index in [0.29, 0.717) is 35.5 Å². The second kappa shape index (κ2) is 9.23. The van der Waals surface area contributed by atoms with Gasteiger partial charge in [-0.25, -0.2) is 0 Å². The highest BCUT2D eigenvalue weighted by molar-refractivity contribution is 6.04. The number of carbonyl (C=O) groups excluding carboxylic acids is 3. The van der Waals surface area contributed by atoms with E-state index in [9.17, 15) is 19.5 Å². The molecule has 0 saturated heterocycles. The lowest BCUT2D eigenvalue weighted by molar-refractivity contribution is -0.313. The number of methoxy groups -OCH3 is 1. The van der Waals surface area contributed by atoms with Crippen LogP contribution in [-0.4, -0.2) is 24.9 Å². The standard InChI is InChI=1S/C22H24N2O5/c1-29-17-6-4-5-14(13-17)20(25)23-15-9-11-16(12-10-15)24-21(26)18-7-2-3-8-19(18)22(27)28/h4-6,9-13,18-19H,2-3,7-8H2,1H3,(H,23,25)(H,24,26)(H,27,28)/p-1/t18-,19-/m0/s1. The first-order chi connectivity index (χ1) is 14.0. The number of ether oxygens (including phenoxy) is 1. The van der Waals surface area contributed by atoms with Gasteiger partial charge in [0.15, 0.2) is 0 Å². The molecule has 1 aliphatic carbocycles. The van der Waals surface area contributed by atoms with Crippen LogP contribution in [0.1, 0.15) is 36.0 Å². The number of nitrogens with one attached hydrogen (secondary N) is 2. The largest absolute Gasteiger partial charge is 0.550 e. The van der Waals surface area contributed by atoms with Gasteiger partial charge in [0.1, 0.15) is 5.75 Å². The van der Waals surface area contributed by atoms with Crippen LogP contribution in [0, 0.1) is 11.8 Å². The van der Waals surface area contributed by atoms with E-state index in [4.69, 9.17) is 4.74 Å². The van der Waals surface area contributed by atoms with Gasteiger partial charge in [0, 0.05) is 34.7 Å². The first kappa shape index (κ1) is 20.4. The minimum Gasteiger partial charge on any atom is -0.550 e. The van der Waals surface area contributed by atoms with E-state index < -0.39 is 17.8 Å². The van der Waals surface area contributed by atoms with Gasteiger partial charge in [0.25, 0.3) is 5.91 Å². The Morgan fingerprint density at radius 2 is 1.55 bits per heavy atom. The average Bonchev–Trinajstić information content (AvgIpc) is 2.75. The molecule has 0 radical (unpaired) electrons. The number of carbonyl (C=O) groups is 3. The molecule has 0 heterocycles. The van der Waals surface area contributed by atoms with Crippen molar-refractivity contribution in [2.24, 2.45) is 11.8 Å². The van der Waals surface area contributed by atoms with E-state index in [1.54, 1.807) is 48.5 Å². The molecule has 7 nitrogen and oxygen atoms in total. The van der Waals surface area contributed by atoms with E-state index >= 15 is 0 Å². The topological polar surface area (TPSA) is 108 Å². The summed E-state index contributed by atoms with van der Waals surface area (Å²) in [5, 5.41) is 16.8. The van der Waals surface area contributed by atoms with Crippen molar-refractivity contribution < 1.29 is 24.2 Å². The van der Waals surface area contributed by atoms with Crippen molar-refractivity contribution in [1.29, 1.82) is 0 Å². The minimum absolute atomic E-state index is 0.278. The Bertz CT molecular complexity index is 894. The van der Waals surface area contributed by atoms with E-state index in [-0.39, 0.29) is 11.8 Å². The van der Waals surface area contributed by atoms with Crippen LogP contribution in [0.5, 0.6) is 5.75 Å². The van der Waals surface area contributed by atoms with Crippen molar-refractivity contribution >= 4 is 29.2 Å². The summed E-state index contributed by atoms with van der Waals surface area (Å²) >= 11 is 0. The zero-order valence-electron chi connectivity index (χ0n) is 16.1. The molecule has 0 aliphatic heterocycles. The Balaban J connectivity index is 1.61. The smallest absolute Gasteiger partial charge is 0.255 e. The van der Waals surface area contributed by atoms with Gasteiger partial charge in [-0.05, 0) is 55.3 Å². The highest BCUT2D eigenvalue weighted by Gasteiger charge is 2.31. The number of anilines is 2. The van der Waals surface area contributed by atoms with Crippen molar-refractivity contribution in [3.8, 4) is 5.75 Å². The van der Waals surface area contributed by atoms with E-state index in [2.05, 4.69) is 10.6 Å². The van der Waals surface area contributed by atoms with Crippen LogP contribution in [0.25, 0.3) is 0 Å². The van der Waals surface area contributed by atoms with Gasteiger partial charge in [0.05, 0.1) is 7.11 Å². The van der Waals surface area contributed by atoms with Crippen LogP contribution in [-0.2, 0) is 9.59 Å². The SMILES string of the molecule is COc1cccc(C(=O)Nc2ccc(NC(=O)[C@H]3CCCC[C@@H]3C(=O)[O-])cc2)c1. The number of benzene rings is 2. The summed E-state index contributed by atoms with van der Waals surface area (Å²) in [6, 6.07) is 13.5. The van der Waals surface area contributed by atoms with Gasteiger partial charge in [-0.2, -0.15) is 0 Å². The third-order valence-electron chi connectivity index (χ3n) is 5.15. The Morgan fingerprint density at radius 1 is 0.931 bits per heavy atom. The Labute approximate surface area is 169 Å². The van der Waals surface area contributed by atoms with Crippen molar-refractivity contribution in [3.05, 3.63) is 54.1 Å². The molecule has 2 amide bonds. The molecule has 152 valence electrons. The number of aliphatic carboxylic acids is 1. The second-order valence-corrected chi connectivity index (χ2v) is 7.07. The molecule has 2 aromatic rings. The molecule has 29 heavy (non-hydrogen) atoms. The minimum atomic E-state index is -1.17. The maximum atomic E-state index is 12.5. The van der Waals surface area contributed by atoms with E-state index in [1.165, 1.54) is 7.11 Å². The van der Waals surface area contributed by atoms with E-state index in [0.717, 1.165) is 12.8 Å². The highest BCUT2D eigenvalue weighted by atomic mass is 16.5. The zero-order chi connectivity index (χ0) is 20.8. The fourth-order valence-electron chi connectivity index (χ4n) is 3.57. The number of hydrogen-bond acceptors (Lipinski definition) is 5. The highest BCUT2D eigenvalue weighted by Crippen LogP contribution is 2.31. The van der Waals surface area contributed by atoms with E-state index in [1.807, 2.05) is 0 Å². The van der Waals surface area contributed by atoms with Crippen LogP contribution >= 0.6 is 0 Å². The lowest BCUT2D eigenvalue weighted by Gasteiger charge is -2.31. The average molecular weight is 395 g/mol. The summed E-state index contributed by atoms with van der Waals surface area (Å²) in [4.78, 5) is 36.1. The summed E-state index contributed by atoms with van der Waals surface area (Å²) in [5.41, 5.74) is 1.57. The Hall–Kier alpha value is -3.35. The van der Waals surface area contributed by atoms with Crippen molar-refractivity contribution in [1.82, 2.24) is 0 Å².